The summed E-state index contributed by atoms with van der Waals surface area (Å²) < 4.78 is 78.2. The molecule has 5 aliphatic rings. The molecule has 0 aromatic carbocycles. The molecule has 6 atom stereocenters. The fraction of sp³-hybridized carbons (Fsp3) is 0.853. The fourth-order valence-corrected chi connectivity index (χ4v) is 10.3. The standard InChI is InChI=1S/C34H57N3O8S2/c1-3-35-45-47(41,42)22-10-8-20-37-32-24-27(26-11-5-4-6-12-26)14-18-33(32)44-34(37)25-29-15-13-28-23-30(43-2)16-17-31(28)36(29)19-7-9-21-46(38,39)40/h13,15,25-28,30-33,35H,3-12,14,16-24H2,1-2H3. The van der Waals surface area contributed by atoms with Crippen LogP contribution in [-0.2, 0) is 34.0 Å². The SMILES string of the molecule is CCNOS(=O)(=O)CCCC[N+]1=C(/C=C2\C=CC3CC(OC)CCC3N2CCCCS(=O)(=O)[O-])OC2CCC(C3CCCCC3)CC21. The van der Waals surface area contributed by atoms with Gasteiger partial charge in [0.15, 0.2) is 12.1 Å². The number of nitrogens with zero attached hydrogens (tertiary/aromatic N) is 2. The third-order valence-corrected chi connectivity index (χ3v) is 13.1. The van der Waals surface area contributed by atoms with E-state index >= 15 is 0 Å². The van der Waals surface area contributed by atoms with Gasteiger partial charge in [0.1, 0.15) is 6.54 Å². The summed E-state index contributed by atoms with van der Waals surface area (Å²) in [6.45, 7) is 3.58. The molecule has 0 bridgehead atoms. The number of nitrogens with one attached hydrogen (secondary N) is 1. The Hall–Kier alpha value is -1.51. The van der Waals surface area contributed by atoms with Gasteiger partial charge in [-0.15, -0.1) is 0 Å². The largest absolute Gasteiger partial charge is 0.748 e. The molecule has 11 nitrogen and oxygen atoms in total. The summed E-state index contributed by atoms with van der Waals surface area (Å²) in [5.41, 5.74) is 3.51. The molecule has 5 rings (SSSR count). The minimum absolute atomic E-state index is 0.0367. The summed E-state index contributed by atoms with van der Waals surface area (Å²) in [6, 6.07) is 0.544. The van der Waals surface area contributed by atoms with E-state index < -0.39 is 20.2 Å². The van der Waals surface area contributed by atoms with Gasteiger partial charge in [0, 0.05) is 50.5 Å². The van der Waals surface area contributed by atoms with Crippen molar-refractivity contribution in [1.82, 2.24) is 10.4 Å². The summed E-state index contributed by atoms with van der Waals surface area (Å²) in [4.78, 5) is 2.40. The van der Waals surface area contributed by atoms with Crippen LogP contribution in [-0.4, -0.2) is 99.3 Å². The molecule has 2 aliphatic heterocycles. The number of hydrogen-bond acceptors (Lipinski definition) is 10. The maximum atomic E-state index is 12.3. The number of hydrogen-bond donors (Lipinski definition) is 1. The maximum absolute atomic E-state index is 12.3. The van der Waals surface area contributed by atoms with E-state index in [1.54, 1.807) is 14.0 Å². The zero-order valence-corrected chi connectivity index (χ0v) is 30.0. The molecule has 6 unspecified atom stereocenters. The predicted octanol–water partition coefficient (Wildman–Crippen LogP) is 4.46. The third-order valence-electron chi connectivity index (χ3n) is 11.1. The van der Waals surface area contributed by atoms with E-state index in [1.165, 1.54) is 38.5 Å². The smallest absolute Gasteiger partial charge is 0.365 e. The van der Waals surface area contributed by atoms with Crippen LogP contribution in [0.4, 0.5) is 0 Å². The Kier molecular flexibility index (Phi) is 13.2. The van der Waals surface area contributed by atoms with Crippen molar-refractivity contribution in [2.45, 2.75) is 128 Å². The van der Waals surface area contributed by atoms with Gasteiger partial charge in [-0.3, -0.25) is 0 Å². The zero-order chi connectivity index (χ0) is 33.4. The zero-order valence-electron chi connectivity index (χ0n) is 28.4. The van der Waals surface area contributed by atoms with Crippen LogP contribution in [0, 0.1) is 17.8 Å². The molecule has 3 aliphatic carbocycles. The Bertz CT molecular complexity index is 1340. The van der Waals surface area contributed by atoms with Gasteiger partial charge in [-0.1, -0.05) is 45.1 Å². The summed E-state index contributed by atoms with van der Waals surface area (Å²) in [6.07, 6.45) is 22.0. The van der Waals surface area contributed by atoms with Gasteiger partial charge >= 0.3 is 5.90 Å². The first kappa shape index (κ1) is 36.8. The topological polar surface area (TPSA) is 137 Å². The van der Waals surface area contributed by atoms with Crippen molar-refractivity contribution in [3.8, 4) is 0 Å². The number of methoxy groups -OCH3 is 1. The van der Waals surface area contributed by atoms with Gasteiger partial charge in [0.05, 0.1) is 28.1 Å². The molecule has 2 heterocycles. The van der Waals surface area contributed by atoms with Crippen LogP contribution in [0.5, 0.6) is 0 Å². The normalized spacial score (nSPS) is 31.2. The summed E-state index contributed by atoms with van der Waals surface area (Å²) in [5, 5.41) is 0. The van der Waals surface area contributed by atoms with Crippen molar-refractivity contribution in [2.24, 2.45) is 17.8 Å². The van der Waals surface area contributed by atoms with Crippen LogP contribution in [0.3, 0.4) is 0 Å². The first-order valence-electron chi connectivity index (χ1n) is 18.1. The Balaban J connectivity index is 1.38. The molecule has 47 heavy (non-hydrogen) atoms. The lowest BCUT2D eigenvalue weighted by molar-refractivity contribution is -0.564. The minimum Gasteiger partial charge on any atom is -0.748 e. The molecule has 268 valence electrons. The second-order valence-corrected chi connectivity index (χ2v) is 17.5. The minimum atomic E-state index is -4.24. The van der Waals surface area contributed by atoms with Gasteiger partial charge in [-0.05, 0) is 75.2 Å². The van der Waals surface area contributed by atoms with E-state index in [2.05, 4.69) is 33.2 Å². The van der Waals surface area contributed by atoms with Gasteiger partial charge in [0.2, 0.25) is 0 Å². The third kappa shape index (κ3) is 10.3. The highest BCUT2D eigenvalue weighted by atomic mass is 32.2. The quantitative estimate of drug-likeness (QED) is 0.106. The van der Waals surface area contributed by atoms with Crippen LogP contribution < -0.4 is 5.48 Å². The molecule has 0 aromatic rings. The second kappa shape index (κ2) is 16.9. The van der Waals surface area contributed by atoms with Crippen molar-refractivity contribution >= 4 is 26.1 Å². The highest BCUT2D eigenvalue weighted by Gasteiger charge is 2.48. The van der Waals surface area contributed by atoms with Crippen molar-refractivity contribution in [2.75, 3.05) is 38.2 Å². The van der Waals surface area contributed by atoms with E-state index in [1.807, 2.05) is 0 Å². The molecule has 3 saturated carbocycles. The average Bonchev–Trinajstić information content (AvgIpc) is 3.40. The molecule has 1 N–H and O–H groups in total. The van der Waals surface area contributed by atoms with E-state index in [4.69, 9.17) is 13.8 Å². The van der Waals surface area contributed by atoms with Crippen LogP contribution in [0.15, 0.2) is 23.9 Å². The predicted molar refractivity (Wildman–Crippen MR) is 180 cm³/mol. The van der Waals surface area contributed by atoms with E-state index in [0.717, 1.165) is 49.6 Å². The van der Waals surface area contributed by atoms with Crippen LogP contribution >= 0.6 is 0 Å². The van der Waals surface area contributed by atoms with Gasteiger partial charge in [-0.25, -0.2) is 8.42 Å². The Morgan fingerprint density at radius 2 is 1.77 bits per heavy atom. The van der Waals surface area contributed by atoms with Crippen LogP contribution in [0.1, 0.15) is 103 Å². The molecular formula is C34H57N3O8S2. The summed E-state index contributed by atoms with van der Waals surface area (Å²) in [5.74, 6) is 2.30. The highest BCUT2D eigenvalue weighted by Crippen LogP contribution is 2.42. The van der Waals surface area contributed by atoms with Crippen molar-refractivity contribution in [3.05, 3.63) is 23.9 Å². The first-order valence-corrected chi connectivity index (χ1v) is 21.3. The molecular weight excluding hydrogens is 643 g/mol. The number of allylic oxidation sites excluding steroid dienone is 1. The number of rotatable bonds is 16. The average molecular weight is 700 g/mol. The molecule has 3 fully saturated rings. The Labute approximate surface area is 283 Å². The van der Waals surface area contributed by atoms with Crippen molar-refractivity contribution in [3.63, 3.8) is 0 Å². The lowest BCUT2D eigenvalue weighted by Crippen LogP contribution is -2.46. The van der Waals surface area contributed by atoms with Crippen LogP contribution in [0.2, 0.25) is 0 Å². The van der Waals surface area contributed by atoms with E-state index in [-0.39, 0.29) is 35.8 Å². The highest BCUT2D eigenvalue weighted by molar-refractivity contribution is 7.86. The van der Waals surface area contributed by atoms with E-state index in [9.17, 15) is 21.4 Å². The van der Waals surface area contributed by atoms with Gasteiger partial charge in [-0.2, -0.15) is 22.8 Å². The molecule has 0 radical (unpaired) electrons. The second-order valence-electron chi connectivity index (χ2n) is 14.3. The number of hydroxylamine groups is 1. The summed E-state index contributed by atoms with van der Waals surface area (Å²) >= 11 is 0. The lowest BCUT2D eigenvalue weighted by Gasteiger charge is -2.45. The van der Waals surface area contributed by atoms with Crippen molar-refractivity contribution < 1.29 is 39.7 Å². The number of ether oxygens (including phenoxy) is 2. The first-order chi connectivity index (χ1) is 22.6. The number of fused-ring (bicyclic) bond motifs is 2. The molecule has 0 amide bonds. The number of unbranched alkanes of at least 4 members (excludes halogenated alkanes) is 2. The lowest BCUT2D eigenvalue weighted by atomic mass is 9.71. The molecule has 0 spiro atoms. The fourth-order valence-electron chi connectivity index (χ4n) is 8.76. The molecule has 0 aromatic heterocycles. The maximum Gasteiger partial charge on any atom is 0.365 e. The molecule has 13 heteroatoms. The van der Waals surface area contributed by atoms with Gasteiger partial charge in [0.25, 0.3) is 10.1 Å². The Morgan fingerprint density at radius 1 is 0.979 bits per heavy atom. The monoisotopic (exact) mass is 699 g/mol. The van der Waals surface area contributed by atoms with Crippen LogP contribution in [0.25, 0.3) is 0 Å². The van der Waals surface area contributed by atoms with Gasteiger partial charge < -0.3 is 18.9 Å². The Morgan fingerprint density at radius 3 is 2.51 bits per heavy atom. The van der Waals surface area contributed by atoms with Crippen molar-refractivity contribution in [1.29, 1.82) is 0 Å². The van der Waals surface area contributed by atoms with E-state index in [0.29, 0.717) is 57.2 Å². The summed E-state index contributed by atoms with van der Waals surface area (Å²) in [7, 11) is -6.10. The molecule has 0 saturated heterocycles.